The average Bonchev–Trinajstić information content (AvgIpc) is 2.29. The molecule has 16 heavy (non-hydrogen) atoms. The Morgan fingerprint density at radius 3 is 2.94 bits per heavy atom. The van der Waals surface area contributed by atoms with Gasteiger partial charge in [0, 0.05) is 31.9 Å². The van der Waals surface area contributed by atoms with Gasteiger partial charge in [-0.1, -0.05) is 6.92 Å². The second-order valence-electron chi connectivity index (χ2n) is 4.34. The molecule has 4 heteroatoms. The second kappa shape index (κ2) is 4.70. The number of nitrogens with two attached hydrogens (primary N) is 1. The lowest BCUT2D eigenvalue weighted by Gasteiger charge is -2.40. The lowest BCUT2D eigenvalue weighted by molar-refractivity contribution is 0.199. The number of nitrogen functional groups attached to an aromatic ring is 1. The van der Waals surface area contributed by atoms with Crippen LogP contribution >= 0.6 is 0 Å². The molecule has 1 aromatic rings. The van der Waals surface area contributed by atoms with Gasteiger partial charge in [-0.15, -0.1) is 0 Å². The van der Waals surface area contributed by atoms with Crippen LogP contribution in [0.15, 0.2) is 18.3 Å². The van der Waals surface area contributed by atoms with Crippen molar-refractivity contribution in [2.45, 2.75) is 19.9 Å². The second-order valence-corrected chi connectivity index (χ2v) is 4.34. The van der Waals surface area contributed by atoms with Gasteiger partial charge >= 0.3 is 0 Å². The van der Waals surface area contributed by atoms with Crippen molar-refractivity contribution < 1.29 is 0 Å². The fourth-order valence-electron chi connectivity index (χ4n) is 2.33. The van der Waals surface area contributed by atoms with Gasteiger partial charge in [-0.25, -0.2) is 4.98 Å². The lowest BCUT2D eigenvalue weighted by atomic mass is 10.2. The van der Waals surface area contributed by atoms with Gasteiger partial charge < -0.3 is 10.6 Å². The predicted octanol–water partition coefficient (Wildman–Crippen LogP) is 1.19. The molecule has 0 radical (unpaired) electrons. The van der Waals surface area contributed by atoms with Crippen molar-refractivity contribution in [3.05, 3.63) is 18.3 Å². The minimum absolute atomic E-state index is 0.570. The van der Waals surface area contributed by atoms with Crippen LogP contribution in [0.4, 0.5) is 11.5 Å². The number of nitrogens with zero attached hydrogens (tertiary/aromatic N) is 3. The number of piperazine rings is 1. The molecule has 2 heterocycles. The number of aromatic nitrogens is 1. The molecule has 1 saturated heterocycles. The van der Waals surface area contributed by atoms with E-state index in [-0.39, 0.29) is 0 Å². The van der Waals surface area contributed by atoms with Gasteiger partial charge in [0.05, 0.1) is 5.69 Å². The summed E-state index contributed by atoms with van der Waals surface area (Å²) < 4.78 is 0. The van der Waals surface area contributed by atoms with E-state index in [9.17, 15) is 0 Å². The van der Waals surface area contributed by atoms with E-state index in [1.165, 1.54) is 0 Å². The third-order valence-electron chi connectivity index (χ3n) is 3.29. The Morgan fingerprint density at radius 2 is 2.31 bits per heavy atom. The highest BCUT2D eigenvalue weighted by atomic mass is 15.3. The van der Waals surface area contributed by atoms with E-state index in [0.29, 0.717) is 6.04 Å². The molecule has 1 unspecified atom stereocenters. The summed E-state index contributed by atoms with van der Waals surface area (Å²) in [5.74, 6) is 0.935. The molecule has 1 aromatic heterocycles. The molecule has 1 atom stereocenters. The average molecular weight is 220 g/mol. The number of rotatable bonds is 2. The molecule has 1 fully saturated rings. The Morgan fingerprint density at radius 1 is 1.50 bits per heavy atom. The Kier molecular flexibility index (Phi) is 3.29. The first-order valence-electron chi connectivity index (χ1n) is 5.92. The van der Waals surface area contributed by atoms with Crippen molar-refractivity contribution in [2.24, 2.45) is 0 Å². The summed E-state index contributed by atoms with van der Waals surface area (Å²) in [5, 5.41) is 0. The highest BCUT2D eigenvalue weighted by Crippen LogP contribution is 2.22. The highest BCUT2D eigenvalue weighted by molar-refractivity contribution is 5.62. The quantitative estimate of drug-likeness (QED) is 0.813. The molecule has 0 bridgehead atoms. The van der Waals surface area contributed by atoms with E-state index in [4.69, 9.17) is 5.73 Å². The standard InChI is InChI=1S/C12H20N4/c1-3-15-7-8-16(9-10(15)2)12-11(13)5-4-6-14-12/h4-6,10H,3,7-9,13H2,1-2H3. The maximum atomic E-state index is 5.95. The molecule has 0 saturated carbocycles. The summed E-state index contributed by atoms with van der Waals surface area (Å²) in [7, 11) is 0. The van der Waals surface area contributed by atoms with Crippen molar-refractivity contribution in [1.82, 2.24) is 9.88 Å². The largest absolute Gasteiger partial charge is 0.396 e. The van der Waals surface area contributed by atoms with Crippen molar-refractivity contribution in [2.75, 3.05) is 36.8 Å². The van der Waals surface area contributed by atoms with Gasteiger partial charge in [0.1, 0.15) is 0 Å². The van der Waals surface area contributed by atoms with Crippen LogP contribution in [-0.4, -0.2) is 42.1 Å². The zero-order valence-electron chi connectivity index (χ0n) is 10.1. The van der Waals surface area contributed by atoms with Gasteiger partial charge in [-0.3, -0.25) is 4.90 Å². The molecular formula is C12H20N4. The van der Waals surface area contributed by atoms with Gasteiger partial charge in [0.2, 0.25) is 0 Å². The Bertz CT molecular complexity index is 353. The van der Waals surface area contributed by atoms with Crippen LogP contribution in [0.2, 0.25) is 0 Å². The third-order valence-corrected chi connectivity index (χ3v) is 3.29. The zero-order chi connectivity index (χ0) is 11.5. The molecule has 4 nitrogen and oxygen atoms in total. The van der Waals surface area contributed by atoms with E-state index >= 15 is 0 Å². The normalized spacial score (nSPS) is 22.4. The Hall–Kier alpha value is -1.29. The van der Waals surface area contributed by atoms with Gasteiger partial charge in [0.25, 0.3) is 0 Å². The fraction of sp³-hybridized carbons (Fsp3) is 0.583. The van der Waals surface area contributed by atoms with Crippen LogP contribution in [0.3, 0.4) is 0 Å². The first kappa shape index (κ1) is 11.2. The topological polar surface area (TPSA) is 45.4 Å². The first-order valence-corrected chi connectivity index (χ1v) is 5.92. The molecule has 0 aromatic carbocycles. The van der Waals surface area contributed by atoms with E-state index in [1.54, 1.807) is 0 Å². The molecule has 1 aliphatic rings. The van der Waals surface area contributed by atoms with Crippen molar-refractivity contribution >= 4 is 11.5 Å². The van der Waals surface area contributed by atoms with Crippen LogP contribution in [0.5, 0.6) is 0 Å². The molecule has 0 amide bonds. The van der Waals surface area contributed by atoms with Crippen LogP contribution in [0, 0.1) is 0 Å². The Labute approximate surface area is 97.1 Å². The highest BCUT2D eigenvalue weighted by Gasteiger charge is 2.23. The van der Waals surface area contributed by atoms with Gasteiger partial charge in [-0.05, 0) is 25.6 Å². The lowest BCUT2D eigenvalue weighted by Crippen LogP contribution is -2.52. The van der Waals surface area contributed by atoms with E-state index < -0.39 is 0 Å². The monoisotopic (exact) mass is 220 g/mol. The smallest absolute Gasteiger partial charge is 0.151 e. The summed E-state index contributed by atoms with van der Waals surface area (Å²) >= 11 is 0. The van der Waals surface area contributed by atoms with E-state index in [1.807, 2.05) is 18.3 Å². The number of hydrogen-bond donors (Lipinski definition) is 1. The molecule has 88 valence electrons. The maximum Gasteiger partial charge on any atom is 0.151 e. The van der Waals surface area contributed by atoms with Gasteiger partial charge in [-0.2, -0.15) is 0 Å². The Balaban J connectivity index is 2.11. The number of hydrogen-bond acceptors (Lipinski definition) is 4. The molecule has 1 aliphatic heterocycles. The minimum atomic E-state index is 0.570. The molecule has 2 N–H and O–H groups in total. The summed E-state index contributed by atoms with van der Waals surface area (Å²) in [6.45, 7) is 8.70. The van der Waals surface area contributed by atoms with Crippen LogP contribution < -0.4 is 10.6 Å². The molecule has 0 aliphatic carbocycles. The molecular weight excluding hydrogens is 200 g/mol. The SMILES string of the molecule is CCN1CCN(c2ncccc2N)CC1C. The number of anilines is 2. The van der Waals surface area contributed by atoms with Crippen LogP contribution in [-0.2, 0) is 0 Å². The van der Waals surface area contributed by atoms with Crippen molar-refractivity contribution in [1.29, 1.82) is 0 Å². The van der Waals surface area contributed by atoms with Crippen molar-refractivity contribution in [3.8, 4) is 0 Å². The van der Waals surface area contributed by atoms with E-state index in [0.717, 1.165) is 37.7 Å². The first-order chi connectivity index (χ1) is 7.72. The fourth-order valence-corrected chi connectivity index (χ4v) is 2.33. The summed E-state index contributed by atoms with van der Waals surface area (Å²) in [4.78, 5) is 9.14. The number of likely N-dealkylation sites (N-methyl/N-ethyl adjacent to an activating group) is 1. The third kappa shape index (κ3) is 2.11. The van der Waals surface area contributed by atoms with Crippen LogP contribution in [0.25, 0.3) is 0 Å². The number of pyridine rings is 1. The van der Waals surface area contributed by atoms with E-state index in [2.05, 4.69) is 28.6 Å². The minimum Gasteiger partial charge on any atom is -0.396 e. The van der Waals surface area contributed by atoms with Crippen LogP contribution in [0.1, 0.15) is 13.8 Å². The summed E-state index contributed by atoms with van der Waals surface area (Å²) in [6.07, 6.45) is 1.81. The van der Waals surface area contributed by atoms with Gasteiger partial charge in [0.15, 0.2) is 5.82 Å². The zero-order valence-corrected chi connectivity index (χ0v) is 10.1. The molecule has 0 spiro atoms. The van der Waals surface area contributed by atoms with Crippen molar-refractivity contribution in [3.63, 3.8) is 0 Å². The summed E-state index contributed by atoms with van der Waals surface area (Å²) in [5.41, 5.74) is 6.72. The summed E-state index contributed by atoms with van der Waals surface area (Å²) in [6, 6.07) is 4.36. The predicted molar refractivity (Wildman–Crippen MR) is 67.6 cm³/mol. The maximum absolute atomic E-state index is 5.95. The molecule has 2 rings (SSSR count).